The summed E-state index contributed by atoms with van der Waals surface area (Å²) < 4.78 is 28.5. The van der Waals surface area contributed by atoms with Gasteiger partial charge in [0.05, 0.1) is 34.4 Å². The lowest BCUT2D eigenvalue weighted by Gasteiger charge is -2.12. The molecule has 0 fully saturated rings. The van der Waals surface area contributed by atoms with E-state index in [0.29, 0.717) is 33.4 Å². The Hall–Kier alpha value is -4.39. The van der Waals surface area contributed by atoms with Crippen LogP contribution < -0.4 is 5.32 Å². The maximum atomic E-state index is 13.5. The maximum Gasteiger partial charge on any atom is 0.256 e. The van der Waals surface area contributed by atoms with E-state index in [1.165, 1.54) is 24.3 Å². The van der Waals surface area contributed by atoms with Crippen LogP contribution in [0.2, 0.25) is 0 Å². The highest BCUT2D eigenvalue weighted by atomic mass is 19.1. The first-order valence-electron chi connectivity index (χ1n) is 10.7. The van der Waals surface area contributed by atoms with E-state index >= 15 is 0 Å². The number of amides is 1. The van der Waals surface area contributed by atoms with Crippen LogP contribution in [0.1, 0.15) is 21.6 Å². The van der Waals surface area contributed by atoms with Gasteiger partial charge in [-0.1, -0.05) is 18.2 Å². The van der Waals surface area contributed by atoms with E-state index < -0.39 is 0 Å². The minimum absolute atomic E-state index is 0.321. The van der Waals surface area contributed by atoms with Gasteiger partial charge in [-0.25, -0.2) is 18.4 Å². The maximum absolute atomic E-state index is 13.5. The first-order valence-corrected chi connectivity index (χ1v) is 10.7. The van der Waals surface area contributed by atoms with Gasteiger partial charge in [0.2, 0.25) is 0 Å². The van der Waals surface area contributed by atoms with E-state index in [4.69, 9.17) is 4.98 Å². The van der Waals surface area contributed by atoms with Crippen LogP contribution in [0.15, 0.2) is 79.0 Å². The van der Waals surface area contributed by atoms with Gasteiger partial charge in [0.1, 0.15) is 11.6 Å². The van der Waals surface area contributed by atoms with Crippen molar-refractivity contribution < 1.29 is 13.6 Å². The number of rotatable bonds is 4. The summed E-state index contributed by atoms with van der Waals surface area (Å²) in [6.45, 7) is 3.63. The number of fused-ring (bicyclic) bond motifs is 1. The van der Waals surface area contributed by atoms with Crippen molar-refractivity contribution in [3.05, 3.63) is 107 Å². The van der Waals surface area contributed by atoms with Gasteiger partial charge in [-0.15, -0.1) is 0 Å². The molecule has 34 heavy (non-hydrogen) atoms. The van der Waals surface area contributed by atoms with Gasteiger partial charge < -0.3 is 5.32 Å². The molecule has 5 nitrogen and oxygen atoms in total. The summed E-state index contributed by atoms with van der Waals surface area (Å²) in [5.41, 5.74) is 5.13. The summed E-state index contributed by atoms with van der Waals surface area (Å²) in [6.07, 6.45) is 1.68. The molecule has 168 valence electrons. The van der Waals surface area contributed by atoms with Crippen LogP contribution in [-0.4, -0.2) is 20.7 Å². The fraction of sp³-hybridized carbons (Fsp3) is 0.0741. The minimum atomic E-state index is -0.360. The summed E-state index contributed by atoms with van der Waals surface area (Å²) in [7, 11) is 0. The molecule has 0 spiro atoms. The SMILES string of the molecule is Cc1cc(F)ccc1NC(=O)c1cc(-c2cnn(-c3ccc(F)cc3)c2C)nc2ccccc12. The van der Waals surface area contributed by atoms with Crippen LogP contribution in [0.3, 0.4) is 0 Å². The lowest BCUT2D eigenvalue weighted by Crippen LogP contribution is -2.14. The Bertz CT molecular complexity index is 1540. The van der Waals surface area contributed by atoms with E-state index in [1.807, 2.05) is 31.2 Å². The van der Waals surface area contributed by atoms with Gasteiger partial charge in [0.25, 0.3) is 5.91 Å². The van der Waals surface area contributed by atoms with Crippen molar-refractivity contribution in [2.45, 2.75) is 13.8 Å². The number of aromatic nitrogens is 3. The highest BCUT2D eigenvalue weighted by molar-refractivity contribution is 6.13. The van der Waals surface area contributed by atoms with Crippen molar-refractivity contribution in [3.8, 4) is 16.9 Å². The summed E-state index contributed by atoms with van der Waals surface area (Å²) in [5, 5.41) is 8.04. The zero-order valence-corrected chi connectivity index (χ0v) is 18.5. The largest absolute Gasteiger partial charge is 0.322 e. The summed E-state index contributed by atoms with van der Waals surface area (Å²) >= 11 is 0. The molecule has 0 atom stereocenters. The number of pyridine rings is 1. The standard InChI is InChI=1S/C27H20F2N4O/c1-16-13-19(29)9-12-24(16)32-27(34)22-14-26(31-25-6-4-3-5-21(22)25)23-15-30-33(17(23)2)20-10-7-18(28)8-11-20/h3-15H,1-2H3,(H,32,34). The second kappa shape index (κ2) is 8.51. The van der Waals surface area contributed by atoms with Crippen molar-refractivity contribution in [3.63, 3.8) is 0 Å². The molecule has 0 saturated carbocycles. The lowest BCUT2D eigenvalue weighted by atomic mass is 10.0. The predicted octanol–water partition coefficient (Wildman–Crippen LogP) is 6.23. The highest BCUT2D eigenvalue weighted by Gasteiger charge is 2.18. The van der Waals surface area contributed by atoms with Crippen molar-refractivity contribution in [2.24, 2.45) is 0 Å². The van der Waals surface area contributed by atoms with Gasteiger partial charge in [-0.3, -0.25) is 4.79 Å². The topological polar surface area (TPSA) is 59.8 Å². The van der Waals surface area contributed by atoms with E-state index in [9.17, 15) is 13.6 Å². The van der Waals surface area contributed by atoms with E-state index in [0.717, 1.165) is 16.9 Å². The van der Waals surface area contributed by atoms with Gasteiger partial charge >= 0.3 is 0 Å². The lowest BCUT2D eigenvalue weighted by molar-refractivity contribution is 0.102. The van der Waals surface area contributed by atoms with Crippen LogP contribution in [0.4, 0.5) is 14.5 Å². The average molecular weight is 454 g/mol. The fourth-order valence-electron chi connectivity index (χ4n) is 3.96. The Balaban J connectivity index is 1.59. The number of benzene rings is 3. The molecular formula is C27H20F2N4O. The number of carbonyl (C=O) groups excluding carboxylic acids is 1. The normalized spacial score (nSPS) is 11.1. The predicted molar refractivity (Wildman–Crippen MR) is 128 cm³/mol. The molecule has 0 bridgehead atoms. The monoisotopic (exact) mass is 454 g/mol. The van der Waals surface area contributed by atoms with Gasteiger partial charge in [0.15, 0.2) is 0 Å². The third-order valence-electron chi connectivity index (χ3n) is 5.75. The molecule has 2 heterocycles. The first kappa shape index (κ1) is 21.5. The van der Waals surface area contributed by atoms with Crippen LogP contribution >= 0.6 is 0 Å². The van der Waals surface area contributed by atoms with E-state index in [-0.39, 0.29) is 17.5 Å². The number of para-hydroxylation sites is 1. The Kier molecular flexibility index (Phi) is 5.37. The molecule has 7 heteroatoms. The Morgan fingerprint density at radius 2 is 1.65 bits per heavy atom. The third-order valence-corrected chi connectivity index (χ3v) is 5.75. The molecular weight excluding hydrogens is 434 g/mol. The Morgan fingerprint density at radius 1 is 0.912 bits per heavy atom. The van der Waals surface area contributed by atoms with Crippen LogP contribution in [0, 0.1) is 25.5 Å². The molecule has 3 aromatic carbocycles. The second-order valence-corrected chi connectivity index (χ2v) is 8.02. The molecule has 1 N–H and O–H groups in total. The van der Waals surface area contributed by atoms with Crippen LogP contribution in [0.5, 0.6) is 0 Å². The molecule has 0 aliphatic rings. The van der Waals surface area contributed by atoms with Crippen molar-refractivity contribution in [1.29, 1.82) is 0 Å². The van der Waals surface area contributed by atoms with Crippen molar-refractivity contribution >= 4 is 22.5 Å². The number of carbonyl (C=O) groups is 1. The van der Waals surface area contributed by atoms with Gasteiger partial charge in [-0.05, 0) is 74.0 Å². The van der Waals surface area contributed by atoms with Crippen molar-refractivity contribution in [2.75, 3.05) is 5.32 Å². The number of hydrogen-bond acceptors (Lipinski definition) is 3. The molecule has 0 saturated heterocycles. The summed E-state index contributed by atoms with van der Waals surface area (Å²) in [5.74, 6) is -1.00. The smallest absolute Gasteiger partial charge is 0.256 e. The molecule has 1 amide bonds. The van der Waals surface area contributed by atoms with Crippen molar-refractivity contribution in [1.82, 2.24) is 14.8 Å². The first-order chi connectivity index (χ1) is 16.4. The number of aryl methyl sites for hydroxylation is 1. The molecule has 0 unspecified atom stereocenters. The summed E-state index contributed by atoms with van der Waals surface area (Å²) in [6, 6.07) is 19.4. The van der Waals surface area contributed by atoms with Crippen LogP contribution in [-0.2, 0) is 0 Å². The molecule has 0 aliphatic carbocycles. The zero-order valence-electron chi connectivity index (χ0n) is 18.5. The molecule has 5 rings (SSSR count). The fourth-order valence-corrected chi connectivity index (χ4v) is 3.96. The third kappa shape index (κ3) is 3.92. The number of halogens is 2. The minimum Gasteiger partial charge on any atom is -0.322 e. The average Bonchev–Trinajstić information content (AvgIpc) is 3.21. The number of anilines is 1. The van der Waals surface area contributed by atoms with Gasteiger partial charge in [-0.2, -0.15) is 5.10 Å². The molecule has 0 aliphatic heterocycles. The van der Waals surface area contributed by atoms with E-state index in [2.05, 4.69) is 10.4 Å². The zero-order chi connectivity index (χ0) is 23.8. The quantitative estimate of drug-likeness (QED) is 0.350. The molecule has 5 aromatic rings. The number of hydrogen-bond donors (Lipinski definition) is 1. The Morgan fingerprint density at radius 3 is 2.41 bits per heavy atom. The van der Waals surface area contributed by atoms with Crippen LogP contribution in [0.25, 0.3) is 27.8 Å². The molecule has 2 aromatic heterocycles. The number of nitrogens with one attached hydrogen (secondary N) is 1. The Labute approximate surface area is 194 Å². The highest BCUT2D eigenvalue weighted by Crippen LogP contribution is 2.29. The number of nitrogens with zero attached hydrogens (tertiary/aromatic N) is 3. The van der Waals surface area contributed by atoms with E-state index in [1.54, 1.807) is 42.1 Å². The van der Waals surface area contributed by atoms with Gasteiger partial charge in [0, 0.05) is 16.6 Å². The summed E-state index contributed by atoms with van der Waals surface area (Å²) in [4.78, 5) is 18.1. The second-order valence-electron chi connectivity index (χ2n) is 8.02. The molecule has 0 radical (unpaired) electrons.